The van der Waals surface area contributed by atoms with Crippen LogP contribution in [0.4, 0.5) is 0 Å². The molecule has 2 aliphatic rings. The van der Waals surface area contributed by atoms with E-state index < -0.39 is 29.7 Å². The lowest BCUT2D eigenvalue weighted by Crippen LogP contribution is -2.55. The average Bonchev–Trinajstić information content (AvgIpc) is 2.66. The number of benzene rings is 1. The Kier molecular flexibility index (Phi) is 6.29. The molecule has 6 heteroatoms. The smallest absolute Gasteiger partial charge is 0.331 e. The maximum Gasteiger partial charge on any atom is 0.331 e. The van der Waals surface area contributed by atoms with Crippen molar-refractivity contribution in [1.82, 2.24) is 0 Å². The maximum absolute atomic E-state index is 12.4. The van der Waals surface area contributed by atoms with E-state index in [-0.39, 0.29) is 29.8 Å². The molecular formula is C24H32O6. The minimum Gasteiger partial charge on any atom is -0.504 e. The largest absolute Gasteiger partial charge is 0.504 e. The van der Waals surface area contributed by atoms with Crippen LogP contribution in [-0.4, -0.2) is 44.7 Å². The van der Waals surface area contributed by atoms with Gasteiger partial charge in [-0.2, -0.15) is 0 Å². The molecule has 0 radical (unpaired) electrons. The molecule has 1 aromatic rings. The van der Waals surface area contributed by atoms with Crippen LogP contribution in [0.3, 0.4) is 0 Å². The molecule has 0 aliphatic heterocycles. The molecule has 0 amide bonds. The number of phenols is 2. The van der Waals surface area contributed by atoms with Crippen molar-refractivity contribution in [2.75, 3.05) is 0 Å². The summed E-state index contributed by atoms with van der Waals surface area (Å²) in [5.74, 6) is -0.686. The Morgan fingerprint density at radius 2 is 1.93 bits per heavy atom. The molecule has 1 aromatic carbocycles. The summed E-state index contributed by atoms with van der Waals surface area (Å²) in [6.07, 6.45) is 2.45. The number of carbonyl (C=O) groups excluding carboxylic acids is 1. The number of aliphatic hydroxyl groups is 2. The lowest BCUT2D eigenvalue weighted by atomic mass is 9.53. The Balaban J connectivity index is 1.71. The highest BCUT2D eigenvalue weighted by atomic mass is 16.5. The monoisotopic (exact) mass is 416 g/mol. The van der Waals surface area contributed by atoms with Gasteiger partial charge in [0.2, 0.25) is 0 Å². The molecule has 3 rings (SSSR count). The zero-order valence-corrected chi connectivity index (χ0v) is 17.8. The summed E-state index contributed by atoms with van der Waals surface area (Å²) in [6.45, 7) is 10.4. The molecule has 2 aliphatic carbocycles. The predicted molar refractivity (Wildman–Crippen MR) is 114 cm³/mol. The van der Waals surface area contributed by atoms with Crippen molar-refractivity contribution in [2.45, 2.75) is 58.3 Å². The number of rotatable bonds is 4. The van der Waals surface area contributed by atoms with E-state index in [4.69, 9.17) is 4.74 Å². The maximum atomic E-state index is 12.4. The van der Waals surface area contributed by atoms with Gasteiger partial charge in [0.1, 0.15) is 6.10 Å². The van der Waals surface area contributed by atoms with Gasteiger partial charge in [-0.15, -0.1) is 0 Å². The Morgan fingerprint density at radius 1 is 1.23 bits per heavy atom. The van der Waals surface area contributed by atoms with Gasteiger partial charge in [-0.25, -0.2) is 4.79 Å². The Labute approximate surface area is 177 Å². The van der Waals surface area contributed by atoms with Gasteiger partial charge in [0.15, 0.2) is 11.5 Å². The number of aliphatic hydroxyl groups excluding tert-OH is 2. The van der Waals surface area contributed by atoms with E-state index in [1.807, 2.05) is 6.92 Å². The van der Waals surface area contributed by atoms with Gasteiger partial charge in [0, 0.05) is 17.9 Å². The highest BCUT2D eigenvalue weighted by Gasteiger charge is 2.54. The summed E-state index contributed by atoms with van der Waals surface area (Å²) >= 11 is 0. The van der Waals surface area contributed by atoms with Gasteiger partial charge in [-0.05, 0) is 59.9 Å². The van der Waals surface area contributed by atoms with E-state index in [1.54, 1.807) is 6.07 Å². The van der Waals surface area contributed by atoms with Crippen molar-refractivity contribution < 1.29 is 30.0 Å². The topological polar surface area (TPSA) is 107 Å². The molecule has 0 heterocycles. The summed E-state index contributed by atoms with van der Waals surface area (Å²) in [5, 5.41) is 40.4. The van der Waals surface area contributed by atoms with Gasteiger partial charge in [-0.3, -0.25) is 0 Å². The first-order chi connectivity index (χ1) is 14.0. The second-order valence-corrected chi connectivity index (χ2v) is 9.31. The van der Waals surface area contributed by atoms with Crippen LogP contribution < -0.4 is 0 Å². The second-order valence-electron chi connectivity index (χ2n) is 9.31. The first-order valence-corrected chi connectivity index (χ1v) is 10.5. The van der Waals surface area contributed by atoms with Crippen LogP contribution in [0.5, 0.6) is 11.5 Å². The molecule has 0 bridgehead atoms. The molecule has 164 valence electrons. The van der Waals surface area contributed by atoms with E-state index in [0.717, 1.165) is 5.57 Å². The number of esters is 1. The zero-order valence-electron chi connectivity index (χ0n) is 17.8. The molecule has 6 nitrogen and oxygen atoms in total. The molecule has 4 N–H and O–H groups in total. The highest BCUT2D eigenvalue weighted by Crippen LogP contribution is 2.55. The van der Waals surface area contributed by atoms with Gasteiger partial charge < -0.3 is 25.2 Å². The minimum atomic E-state index is -0.702. The summed E-state index contributed by atoms with van der Waals surface area (Å²) in [4.78, 5) is 12.4. The second kappa shape index (κ2) is 8.44. The fraction of sp³-hybridized carbons (Fsp3) is 0.542. The van der Waals surface area contributed by atoms with Crippen molar-refractivity contribution >= 4 is 12.0 Å². The third-order valence-corrected chi connectivity index (χ3v) is 7.03. The summed E-state index contributed by atoms with van der Waals surface area (Å²) in [7, 11) is 0. The summed E-state index contributed by atoms with van der Waals surface area (Å²) < 4.78 is 5.61. The Bertz CT molecular complexity index is 844. The third-order valence-electron chi connectivity index (χ3n) is 7.03. The predicted octanol–water partition coefficient (Wildman–Crippen LogP) is 3.39. The molecule has 0 aromatic heterocycles. The molecule has 0 spiro atoms. The third kappa shape index (κ3) is 4.25. The number of aromatic hydroxyl groups is 2. The quantitative estimate of drug-likeness (QED) is 0.259. The minimum absolute atomic E-state index is 0.0344. The van der Waals surface area contributed by atoms with E-state index in [0.29, 0.717) is 24.3 Å². The van der Waals surface area contributed by atoms with E-state index >= 15 is 0 Å². The Hall–Kier alpha value is -2.31. The van der Waals surface area contributed by atoms with Crippen LogP contribution in [0, 0.1) is 23.2 Å². The van der Waals surface area contributed by atoms with Crippen molar-refractivity contribution in [3.05, 3.63) is 42.0 Å². The number of carbonyl (C=O) groups is 1. The fourth-order valence-corrected chi connectivity index (χ4v) is 5.06. The number of hydrogen-bond acceptors (Lipinski definition) is 6. The van der Waals surface area contributed by atoms with Gasteiger partial charge in [0.05, 0.1) is 12.2 Å². The average molecular weight is 417 g/mol. The first-order valence-electron chi connectivity index (χ1n) is 10.5. The SMILES string of the molecule is C=C1[C@@H](OC(=O)/C=C/c2ccc(O)c(O)c2)C[C@@H](O)[C@]2(C)C[C@H](O)[C@@H](C(C)C)C[C@@H]12. The van der Waals surface area contributed by atoms with Crippen molar-refractivity contribution in [3.8, 4) is 11.5 Å². The summed E-state index contributed by atoms with van der Waals surface area (Å²) in [5.41, 5.74) is 0.854. The number of phenolic OH excluding ortho intramolecular Hbond substituents is 2. The van der Waals surface area contributed by atoms with Crippen molar-refractivity contribution in [3.63, 3.8) is 0 Å². The standard InChI is InChI=1S/C24H32O6/c1-13(2)16-10-17-14(3)21(11-22(28)24(17,4)12-20(16)27)30-23(29)8-6-15-5-7-18(25)19(26)9-15/h5-9,13,16-17,20-22,25-28H,3,10-12H2,1-2,4H3/b8-6+/t16-,17+,20+,21+,22-,24-/m1/s1. The van der Waals surface area contributed by atoms with Gasteiger partial charge >= 0.3 is 5.97 Å². The van der Waals surface area contributed by atoms with E-state index in [1.165, 1.54) is 24.3 Å². The van der Waals surface area contributed by atoms with Crippen molar-refractivity contribution in [1.29, 1.82) is 0 Å². The molecule has 0 saturated heterocycles. The molecule has 30 heavy (non-hydrogen) atoms. The lowest BCUT2D eigenvalue weighted by Gasteiger charge is -2.55. The molecule has 2 fully saturated rings. The molecular weight excluding hydrogens is 384 g/mol. The van der Waals surface area contributed by atoms with Crippen LogP contribution in [0.15, 0.2) is 36.4 Å². The van der Waals surface area contributed by atoms with Crippen LogP contribution >= 0.6 is 0 Å². The zero-order chi connectivity index (χ0) is 22.2. The van der Waals surface area contributed by atoms with Crippen LogP contribution in [0.25, 0.3) is 6.08 Å². The Morgan fingerprint density at radius 3 is 2.57 bits per heavy atom. The summed E-state index contributed by atoms with van der Waals surface area (Å²) in [6, 6.07) is 4.24. The van der Waals surface area contributed by atoms with Crippen LogP contribution in [-0.2, 0) is 9.53 Å². The lowest BCUT2D eigenvalue weighted by molar-refractivity contribution is -0.155. The molecule has 2 saturated carbocycles. The number of ether oxygens (including phenoxy) is 1. The van der Waals surface area contributed by atoms with Crippen LogP contribution in [0.1, 0.15) is 45.6 Å². The normalized spacial score (nSPS) is 34.2. The highest BCUT2D eigenvalue weighted by molar-refractivity contribution is 5.87. The van der Waals surface area contributed by atoms with E-state index in [2.05, 4.69) is 20.4 Å². The van der Waals surface area contributed by atoms with Crippen molar-refractivity contribution in [2.24, 2.45) is 23.2 Å². The molecule has 0 unspecified atom stereocenters. The van der Waals surface area contributed by atoms with Gasteiger partial charge in [-0.1, -0.05) is 33.4 Å². The number of fused-ring (bicyclic) bond motifs is 1. The van der Waals surface area contributed by atoms with Crippen LogP contribution in [0.2, 0.25) is 0 Å². The van der Waals surface area contributed by atoms with E-state index in [9.17, 15) is 25.2 Å². The van der Waals surface area contributed by atoms with Gasteiger partial charge in [0.25, 0.3) is 0 Å². The fourth-order valence-electron chi connectivity index (χ4n) is 5.06. The number of hydrogen-bond donors (Lipinski definition) is 4. The molecule has 6 atom stereocenters. The first kappa shape index (κ1) is 22.4.